The van der Waals surface area contributed by atoms with E-state index < -0.39 is 0 Å². The number of imide groups is 1. The zero-order chi connectivity index (χ0) is 16.6. The number of rotatable bonds is 4. The van der Waals surface area contributed by atoms with Gasteiger partial charge in [0.25, 0.3) is 11.8 Å². The molecule has 4 nitrogen and oxygen atoms in total. The molecule has 0 radical (unpaired) electrons. The van der Waals surface area contributed by atoms with E-state index in [2.05, 4.69) is 5.32 Å². The molecule has 3 rings (SSSR count). The van der Waals surface area contributed by atoms with Gasteiger partial charge in [0.15, 0.2) is 0 Å². The van der Waals surface area contributed by atoms with E-state index >= 15 is 0 Å². The van der Waals surface area contributed by atoms with Crippen LogP contribution in [0.1, 0.15) is 24.3 Å². The summed E-state index contributed by atoms with van der Waals surface area (Å²) in [6.45, 7) is 5.69. The average molecular weight is 326 g/mol. The molecule has 0 fully saturated rings. The van der Waals surface area contributed by atoms with Gasteiger partial charge >= 0.3 is 0 Å². The van der Waals surface area contributed by atoms with Crippen molar-refractivity contribution in [3.63, 3.8) is 0 Å². The van der Waals surface area contributed by atoms with Crippen molar-refractivity contribution in [2.24, 2.45) is 0 Å². The fourth-order valence-corrected chi connectivity index (χ4v) is 3.33. The van der Waals surface area contributed by atoms with Crippen molar-refractivity contribution in [1.29, 1.82) is 0 Å². The van der Waals surface area contributed by atoms with Crippen LogP contribution in [0.5, 0.6) is 0 Å². The van der Waals surface area contributed by atoms with Crippen LogP contribution in [0.25, 0.3) is 5.57 Å². The second-order valence-electron chi connectivity index (χ2n) is 5.79. The lowest BCUT2D eigenvalue weighted by molar-refractivity contribution is -0.138. The molecule has 0 unspecified atom stereocenters. The maximum Gasteiger partial charge on any atom is 0.278 e. The Morgan fingerprint density at radius 1 is 1.04 bits per heavy atom. The molecule has 2 heterocycles. The van der Waals surface area contributed by atoms with Gasteiger partial charge in [-0.3, -0.25) is 14.5 Å². The van der Waals surface area contributed by atoms with Crippen LogP contribution in [0.4, 0.5) is 5.69 Å². The molecule has 0 bridgehead atoms. The minimum Gasteiger partial charge on any atom is -0.350 e. The number of hydrogen-bond donors (Lipinski definition) is 1. The van der Waals surface area contributed by atoms with Crippen molar-refractivity contribution >= 4 is 34.4 Å². The van der Waals surface area contributed by atoms with Crippen molar-refractivity contribution in [3.05, 3.63) is 57.9 Å². The largest absolute Gasteiger partial charge is 0.350 e. The molecule has 118 valence electrons. The average Bonchev–Trinajstić information content (AvgIpc) is 3.09. The lowest BCUT2D eigenvalue weighted by Crippen LogP contribution is -2.38. The number of carbonyl (C=O) groups excluding carboxylic acids is 2. The Labute approximate surface area is 139 Å². The molecule has 0 saturated carbocycles. The van der Waals surface area contributed by atoms with Gasteiger partial charge in [-0.2, -0.15) is 0 Å². The van der Waals surface area contributed by atoms with Gasteiger partial charge in [0.1, 0.15) is 5.70 Å². The van der Waals surface area contributed by atoms with Crippen molar-refractivity contribution in [2.75, 3.05) is 5.32 Å². The zero-order valence-electron chi connectivity index (χ0n) is 13.3. The Balaban J connectivity index is 2.05. The summed E-state index contributed by atoms with van der Waals surface area (Å²) < 4.78 is 0. The molecular formula is C18H18N2O2S. The van der Waals surface area contributed by atoms with Gasteiger partial charge in [0, 0.05) is 16.6 Å². The van der Waals surface area contributed by atoms with Crippen molar-refractivity contribution in [1.82, 2.24) is 4.90 Å². The van der Waals surface area contributed by atoms with E-state index in [4.69, 9.17) is 0 Å². The first-order valence-corrected chi connectivity index (χ1v) is 8.36. The number of carbonyl (C=O) groups is 2. The minimum atomic E-state index is -0.269. The van der Waals surface area contributed by atoms with E-state index in [1.54, 1.807) is 0 Å². The van der Waals surface area contributed by atoms with Gasteiger partial charge in [-0.15, -0.1) is 11.3 Å². The highest BCUT2D eigenvalue weighted by Gasteiger charge is 2.40. The van der Waals surface area contributed by atoms with Gasteiger partial charge < -0.3 is 5.32 Å². The van der Waals surface area contributed by atoms with E-state index in [-0.39, 0.29) is 17.9 Å². The van der Waals surface area contributed by atoms with E-state index in [9.17, 15) is 9.59 Å². The maximum atomic E-state index is 12.7. The van der Waals surface area contributed by atoms with Crippen LogP contribution in [-0.2, 0) is 9.59 Å². The number of hydrogen-bond acceptors (Lipinski definition) is 4. The summed E-state index contributed by atoms with van der Waals surface area (Å²) in [6, 6.07) is 11.3. The monoisotopic (exact) mass is 326 g/mol. The van der Waals surface area contributed by atoms with Crippen LogP contribution in [0, 0.1) is 6.92 Å². The van der Waals surface area contributed by atoms with Crippen LogP contribution in [0.15, 0.2) is 47.5 Å². The lowest BCUT2D eigenvalue weighted by Gasteiger charge is -2.19. The van der Waals surface area contributed by atoms with E-state index in [0.717, 1.165) is 16.1 Å². The maximum absolute atomic E-state index is 12.7. The predicted molar refractivity (Wildman–Crippen MR) is 93.0 cm³/mol. The number of amides is 2. The molecule has 0 spiro atoms. The van der Waals surface area contributed by atoms with E-state index in [0.29, 0.717) is 11.3 Å². The van der Waals surface area contributed by atoms with Crippen molar-refractivity contribution < 1.29 is 9.59 Å². The fourth-order valence-electron chi connectivity index (χ4n) is 2.56. The topological polar surface area (TPSA) is 49.4 Å². The second kappa shape index (κ2) is 6.01. The van der Waals surface area contributed by atoms with Gasteiger partial charge in [-0.1, -0.05) is 23.8 Å². The Kier molecular flexibility index (Phi) is 4.05. The molecule has 2 amide bonds. The molecule has 5 heteroatoms. The number of nitrogens with zero attached hydrogens (tertiary/aromatic N) is 1. The number of nitrogens with one attached hydrogen (secondary N) is 1. The van der Waals surface area contributed by atoms with Crippen molar-refractivity contribution in [2.45, 2.75) is 26.8 Å². The minimum absolute atomic E-state index is 0.178. The third-order valence-corrected chi connectivity index (χ3v) is 4.61. The van der Waals surface area contributed by atoms with Gasteiger partial charge in [-0.05, 0) is 44.4 Å². The summed E-state index contributed by atoms with van der Waals surface area (Å²) in [5, 5.41) is 5.05. The first-order valence-electron chi connectivity index (χ1n) is 7.48. The summed E-state index contributed by atoms with van der Waals surface area (Å²) in [5.74, 6) is -0.504. The highest BCUT2D eigenvalue weighted by molar-refractivity contribution is 7.11. The second-order valence-corrected chi connectivity index (χ2v) is 6.74. The molecule has 2 aromatic rings. The molecule has 0 aliphatic carbocycles. The fraction of sp³-hybridized carbons (Fsp3) is 0.222. The lowest BCUT2D eigenvalue weighted by atomic mass is 10.1. The van der Waals surface area contributed by atoms with E-state index in [1.165, 1.54) is 16.2 Å². The Morgan fingerprint density at radius 2 is 1.74 bits per heavy atom. The third-order valence-electron chi connectivity index (χ3n) is 3.72. The highest BCUT2D eigenvalue weighted by Crippen LogP contribution is 2.33. The first kappa shape index (κ1) is 15.5. The number of aryl methyl sites for hydroxylation is 1. The summed E-state index contributed by atoms with van der Waals surface area (Å²) in [6.07, 6.45) is 0. The van der Waals surface area contributed by atoms with Crippen LogP contribution in [-0.4, -0.2) is 22.8 Å². The van der Waals surface area contributed by atoms with Crippen LogP contribution >= 0.6 is 11.3 Å². The van der Waals surface area contributed by atoms with Gasteiger partial charge in [-0.25, -0.2) is 0 Å². The van der Waals surface area contributed by atoms with Gasteiger partial charge in [0.05, 0.1) is 5.57 Å². The normalized spacial score (nSPS) is 15.0. The third kappa shape index (κ3) is 2.80. The molecule has 0 atom stereocenters. The number of thiophene rings is 1. The number of benzene rings is 1. The molecule has 1 aliphatic heterocycles. The molecule has 1 aromatic heterocycles. The Bertz CT molecular complexity index is 774. The first-order chi connectivity index (χ1) is 11.0. The quantitative estimate of drug-likeness (QED) is 0.872. The summed E-state index contributed by atoms with van der Waals surface area (Å²) in [5.41, 5.74) is 2.75. The molecule has 1 aliphatic rings. The van der Waals surface area contributed by atoms with Crippen molar-refractivity contribution in [3.8, 4) is 0 Å². The summed E-state index contributed by atoms with van der Waals surface area (Å²) in [7, 11) is 0. The van der Waals surface area contributed by atoms with Crippen LogP contribution < -0.4 is 5.32 Å². The Morgan fingerprint density at radius 3 is 2.30 bits per heavy atom. The van der Waals surface area contributed by atoms with Crippen LogP contribution in [0.2, 0.25) is 0 Å². The molecule has 1 N–H and O–H groups in total. The number of anilines is 1. The SMILES string of the molecule is Cc1ccc(NC2=C(c3cccs3)C(=O)N(C(C)C)C2=O)cc1. The van der Waals surface area contributed by atoms with E-state index in [1.807, 2.05) is 62.5 Å². The van der Waals surface area contributed by atoms with Crippen LogP contribution in [0.3, 0.4) is 0 Å². The molecular weight excluding hydrogens is 308 g/mol. The standard InChI is InChI=1S/C18H18N2O2S/c1-11(2)20-17(21)15(14-5-4-10-23-14)16(18(20)22)19-13-8-6-12(3)7-9-13/h4-11,19H,1-3H3. The zero-order valence-corrected chi connectivity index (χ0v) is 14.1. The summed E-state index contributed by atoms with van der Waals surface area (Å²) >= 11 is 1.46. The molecule has 23 heavy (non-hydrogen) atoms. The highest BCUT2D eigenvalue weighted by atomic mass is 32.1. The molecule has 0 saturated heterocycles. The Hall–Kier alpha value is -2.40. The summed E-state index contributed by atoms with van der Waals surface area (Å²) in [4.78, 5) is 27.6. The molecule has 1 aromatic carbocycles. The smallest absolute Gasteiger partial charge is 0.278 e. The predicted octanol–water partition coefficient (Wildman–Crippen LogP) is 3.66. The van der Waals surface area contributed by atoms with Gasteiger partial charge in [0.2, 0.25) is 0 Å².